The number of carbonyl (C=O) groups is 2. The first-order valence-electron chi connectivity index (χ1n) is 9.58. The van der Waals surface area contributed by atoms with E-state index in [4.69, 9.17) is 9.47 Å². The quantitative estimate of drug-likeness (QED) is 0.320. The smallest absolute Gasteiger partial charge is 0.308 e. The first-order chi connectivity index (χ1) is 14.3. The number of ether oxygens (including phenoxy) is 2. The van der Waals surface area contributed by atoms with E-state index in [1.165, 1.54) is 19.9 Å². The van der Waals surface area contributed by atoms with E-state index in [9.17, 15) is 14.0 Å². The minimum absolute atomic E-state index is 0.314. The second-order valence-corrected chi connectivity index (χ2v) is 7.19. The van der Waals surface area contributed by atoms with Gasteiger partial charge in [-0.25, -0.2) is 4.39 Å². The molecule has 3 aromatic carbocycles. The van der Waals surface area contributed by atoms with Crippen molar-refractivity contribution in [1.82, 2.24) is 0 Å². The molecule has 0 aromatic heterocycles. The zero-order chi connectivity index (χ0) is 21.8. The first-order valence-corrected chi connectivity index (χ1v) is 9.58. The number of carbonyl (C=O) groups excluding carboxylic acids is 2. The monoisotopic (exact) mass is 406 g/mol. The van der Waals surface area contributed by atoms with Crippen molar-refractivity contribution >= 4 is 11.9 Å². The summed E-state index contributed by atoms with van der Waals surface area (Å²) in [6.07, 6.45) is 0. The molecule has 0 heterocycles. The molecule has 30 heavy (non-hydrogen) atoms. The summed E-state index contributed by atoms with van der Waals surface area (Å²) in [5.41, 5.74) is 3.78. The standard InChI is InChI=1S/C25H23FO4/c1-15-13-19(9-11-23(15)29-17(3)27)25(21-7-5-6-8-22(21)26)20-10-12-24(16(2)14-20)30-18(4)28/h5-14,25H,1-4H3. The Morgan fingerprint density at radius 3 is 1.63 bits per heavy atom. The molecule has 3 rings (SSSR count). The van der Waals surface area contributed by atoms with Crippen LogP contribution in [0.4, 0.5) is 4.39 Å². The average molecular weight is 406 g/mol. The predicted octanol–water partition coefficient (Wildman–Crippen LogP) is 5.47. The topological polar surface area (TPSA) is 52.6 Å². The maximum absolute atomic E-state index is 14.8. The fourth-order valence-corrected chi connectivity index (χ4v) is 3.50. The summed E-state index contributed by atoms with van der Waals surface area (Å²) in [6.45, 7) is 6.39. The molecule has 0 unspecified atom stereocenters. The Morgan fingerprint density at radius 2 is 1.23 bits per heavy atom. The molecule has 154 valence electrons. The Labute approximate surface area is 175 Å². The molecule has 0 amide bonds. The minimum atomic E-state index is -0.395. The molecule has 0 spiro atoms. The second kappa shape index (κ2) is 8.91. The molecule has 0 fully saturated rings. The van der Waals surface area contributed by atoms with E-state index in [0.29, 0.717) is 17.1 Å². The maximum Gasteiger partial charge on any atom is 0.308 e. The van der Waals surface area contributed by atoms with E-state index in [0.717, 1.165) is 22.3 Å². The molecule has 0 radical (unpaired) electrons. The number of esters is 2. The Morgan fingerprint density at radius 1 is 0.767 bits per heavy atom. The highest BCUT2D eigenvalue weighted by Gasteiger charge is 2.22. The lowest BCUT2D eigenvalue weighted by Crippen LogP contribution is -2.09. The number of halogens is 1. The van der Waals surface area contributed by atoms with Gasteiger partial charge < -0.3 is 9.47 Å². The first kappa shape index (κ1) is 21.2. The molecule has 0 saturated carbocycles. The summed E-state index contributed by atoms with van der Waals surface area (Å²) in [4.78, 5) is 22.6. The van der Waals surface area contributed by atoms with Crippen LogP contribution in [0.3, 0.4) is 0 Å². The fourth-order valence-electron chi connectivity index (χ4n) is 3.50. The van der Waals surface area contributed by atoms with Gasteiger partial charge in [-0.1, -0.05) is 42.5 Å². The van der Waals surface area contributed by atoms with Crippen LogP contribution in [0, 0.1) is 19.7 Å². The van der Waals surface area contributed by atoms with Gasteiger partial charge in [-0.2, -0.15) is 0 Å². The van der Waals surface area contributed by atoms with Gasteiger partial charge >= 0.3 is 11.9 Å². The molecule has 5 heteroatoms. The van der Waals surface area contributed by atoms with Crippen molar-refractivity contribution in [2.75, 3.05) is 0 Å². The number of hydrogen-bond donors (Lipinski definition) is 0. The fraction of sp³-hybridized carbons (Fsp3) is 0.200. The van der Waals surface area contributed by atoms with Crippen molar-refractivity contribution < 1.29 is 23.5 Å². The average Bonchev–Trinajstić information content (AvgIpc) is 2.67. The lowest BCUT2D eigenvalue weighted by molar-refractivity contribution is -0.132. The van der Waals surface area contributed by atoms with Gasteiger partial charge in [0, 0.05) is 19.8 Å². The van der Waals surface area contributed by atoms with Gasteiger partial charge in [0.15, 0.2) is 0 Å². The highest BCUT2D eigenvalue weighted by molar-refractivity contribution is 5.70. The summed E-state index contributed by atoms with van der Waals surface area (Å²) in [5, 5.41) is 0. The maximum atomic E-state index is 14.8. The van der Waals surface area contributed by atoms with E-state index in [2.05, 4.69) is 0 Å². The zero-order valence-electron chi connectivity index (χ0n) is 17.4. The van der Waals surface area contributed by atoms with E-state index in [1.54, 1.807) is 30.3 Å². The van der Waals surface area contributed by atoms with Crippen LogP contribution in [0.2, 0.25) is 0 Å². The SMILES string of the molecule is CC(=O)Oc1ccc(C(c2ccc(OC(C)=O)c(C)c2)c2ccccc2F)cc1C. The minimum Gasteiger partial charge on any atom is -0.426 e. The van der Waals surface area contributed by atoms with Crippen molar-refractivity contribution in [2.24, 2.45) is 0 Å². The number of rotatable bonds is 5. The van der Waals surface area contributed by atoms with Crippen molar-refractivity contribution in [3.8, 4) is 11.5 Å². The summed E-state index contributed by atoms with van der Waals surface area (Å²) in [6, 6.07) is 17.5. The highest BCUT2D eigenvalue weighted by Crippen LogP contribution is 2.37. The van der Waals surface area contributed by atoms with E-state index < -0.39 is 11.9 Å². The predicted molar refractivity (Wildman–Crippen MR) is 112 cm³/mol. The summed E-state index contributed by atoms with van der Waals surface area (Å²) in [5.74, 6) is -0.548. The third-order valence-electron chi connectivity index (χ3n) is 4.79. The molecule has 0 N–H and O–H groups in total. The number of aryl methyl sites for hydroxylation is 2. The zero-order valence-corrected chi connectivity index (χ0v) is 17.4. The highest BCUT2D eigenvalue weighted by atomic mass is 19.1. The van der Waals surface area contributed by atoms with Crippen molar-refractivity contribution in [3.05, 3.63) is 94.3 Å². The van der Waals surface area contributed by atoms with Crippen LogP contribution in [-0.2, 0) is 9.59 Å². The molecular weight excluding hydrogens is 383 g/mol. The number of hydrogen-bond acceptors (Lipinski definition) is 4. The third-order valence-corrected chi connectivity index (χ3v) is 4.79. The molecule has 0 aliphatic carbocycles. The molecule has 0 aliphatic rings. The Balaban J connectivity index is 2.12. The van der Waals surface area contributed by atoms with Crippen LogP contribution in [0.25, 0.3) is 0 Å². The molecule has 0 aliphatic heterocycles. The molecule has 4 nitrogen and oxygen atoms in total. The van der Waals surface area contributed by atoms with Gasteiger partial charge in [0.05, 0.1) is 0 Å². The normalized spacial score (nSPS) is 10.7. The van der Waals surface area contributed by atoms with Crippen LogP contribution in [0.1, 0.15) is 47.6 Å². The largest absolute Gasteiger partial charge is 0.426 e. The van der Waals surface area contributed by atoms with Gasteiger partial charge in [-0.05, 0) is 59.9 Å². The molecule has 3 aromatic rings. The Bertz CT molecular complexity index is 1040. The lowest BCUT2D eigenvalue weighted by Gasteiger charge is -2.21. The van der Waals surface area contributed by atoms with Crippen LogP contribution in [0.5, 0.6) is 11.5 Å². The molecule has 0 bridgehead atoms. The van der Waals surface area contributed by atoms with Crippen LogP contribution in [-0.4, -0.2) is 11.9 Å². The Hall–Kier alpha value is -3.47. The molecule has 0 saturated heterocycles. The lowest BCUT2D eigenvalue weighted by atomic mass is 9.83. The van der Waals surface area contributed by atoms with Crippen molar-refractivity contribution in [2.45, 2.75) is 33.6 Å². The van der Waals surface area contributed by atoms with E-state index >= 15 is 0 Å². The van der Waals surface area contributed by atoms with Gasteiger partial charge in [-0.15, -0.1) is 0 Å². The second-order valence-electron chi connectivity index (χ2n) is 7.19. The molecule has 0 atom stereocenters. The van der Waals surface area contributed by atoms with Crippen LogP contribution in [0.15, 0.2) is 60.7 Å². The van der Waals surface area contributed by atoms with E-state index in [1.807, 2.05) is 38.1 Å². The van der Waals surface area contributed by atoms with Gasteiger partial charge in [0.1, 0.15) is 17.3 Å². The van der Waals surface area contributed by atoms with Crippen molar-refractivity contribution in [3.63, 3.8) is 0 Å². The van der Waals surface area contributed by atoms with E-state index in [-0.39, 0.29) is 11.7 Å². The third kappa shape index (κ3) is 4.74. The van der Waals surface area contributed by atoms with Crippen LogP contribution >= 0.6 is 0 Å². The van der Waals surface area contributed by atoms with Gasteiger partial charge in [0.25, 0.3) is 0 Å². The number of benzene rings is 3. The molecular formula is C25H23FO4. The summed E-state index contributed by atoms with van der Waals surface area (Å²) < 4.78 is 25.2. The Kier molecular flexibility index (Phi) is 6.31. The van der Waals surface area contributed by atoms with Gasteiger partial charge in [-0.3, -0.25) is 9.59 Å². The summed E-state index contributed by atoms with van der Waals surface area (Å²) >= 11 is 0. The van der Waals surface area contributed by atoms with Crippen LogP contribution < -0.4 is 9.47 Å². The van der Waals surface area contributed by atoms with Crippen molar-refractivity contribution in [1.29, 1.82) is 0 Å². The summed E-state index contributed by atoms with van der Waals surface area (Å²) in [7, 11) is 0. The van der Waals surface area contributed by atoms with Gasteiger partial charge in [0.2, 0.25) is 0 Å².